The van der Waals surface area contributed by atoms with Crippen molar-refractivity contribution in [1.82, 2.24) is 14.9 Å². The van der Waals surface area contributed by atoms with Crippen LogP contribution in [0.3, 0.4) is 0 Å². The fraction of sp³-hybridized carbons (Fsp3) is 0.600. The molecule has 0 amide bonds. The van der Waals surface area contributed by atoms with E-state index in [1.54, 1.807) is 6.07 Å². The quantitative estimate of drug-likeness (QED) is 0.555. The number of anilines is 2. The van der Waals surface area contributed by atoms with Gasteiger partial charge in [0.05, 0.1) is 11.6 Å². The van der Waals surface area contributed by atoms with Gasteiger partial charge in [0.2, 0.25) is 5.95 Å². The van der Waals surface area contributed by atoms with Crippen LogP contribution in [0.15, 0.2) is 24.4 Å². The Kier molecular flexibility index (Phi) is 7.39. The summed E-state index contributed by atoms with van der Waals surface area (Å²) in [6.45, 7) is 12.7. The van der Waals surface area contributed by atoms with E-state index in [4.69, 9.17) is 28.2 Å². The molecule has 0 radical (unpaired) electrons. The summed E-state index contributed by atoms with van der Waals surface area (Å²) >= 11 is 12.4. The van der Waals surface area contributed by atoms with Crippen LogP contribution >= 0.6 is 23.2 Å². The second kappa shape index (κ2) is 9.95. The SMILES string of the molecule is Cc1cnc(N2CC([C@H]3CCCN(CC(C)(C)O)C3)C2)nc1N[C@H](C)c1ccc(Cl)cc1Cl. The minimum Gasteiger partial charge on any atom is -0.389 e. The monoisotopic (exact) mass is 491 g/mol. The van der Waals surface area contributed by atoms with E-state index in [0.717, 1.165) is 55.6 Å². The van der Waals surface area contributed by atoms with Gasteiger partial charge in [0, 0.05) is 48.0 Å². The molecule has 3 heterocycles. The number of aryl methyl sites for hydroxylation is 1. The van der Waals surface area contributed by atoms with E-state index in [9.17, 15) is 5.11 Å². The van der Waals surface area contributed by atoms with Crippen molar-refractivity contribution in [3.8, 4) is 0 Å². The van der Waals surface area contributed by atoms with Crippen LogP contribution in [0, 0.1) is 18.8 Å². The largest absolute Gasteiger partial charge is 0.389 e. The number of likely N-dealkylation sites (tertiary alicyclic amines) is 1. The molecule has 2 aromatic rings. The van der Waals surface area contributed by atoms with E-state index in [1.807, 2.05) is 39.1 Å². The molecule has 2 aliphatic rings. The first-order chi connectivity index (χ1) is 15.6. The Balaban J connectivity index is 1.37. The average Bonchev–Trinajstić information content (AvgIpc) is 2.68. The van der Waals surface area contributed by atoms with Crippen molar-refractivity contribution in [2.45, 2.75) is 52.2 Å². The molecule has 6 nitrogen and oxygen atoms in total. The summed E-state index contributed by atoms with van der Waals surface area (Å²) < 4.78 is 0. The Labute approximate surface area is 207 Å². The van der Waals surface area contributed by atoms with Gasteiger partial charge in [-0.05, 0) is 76.6 Å². The number of aliphatic hydroxyl groups is 1. The highest BCUT2D eigenvalue weighted by atomic mass is 35.5. The first kappa shape index (κ1) is 24.5. The summed E-state index contributed by atoms with van der Waals surface area (Å²) in [4.78, 5) is 14.1. The molecule has 8 heteroatoms. The van der Waals surface area contributed by atoms with Gasteiger partial charge in [0.1, 0.15) is 5.82 Å². The third-order valence-corrected chi connectivity index (χ3v) is 7.32. The second-order valence-corrected chi connectivity index (χ2v) is 11.2. The Morgan fingerprint density at radius 1 is 1.21 bits per heavy atom. The third kappa shape index (κ3) is 6.10. The summed E-state index contributed by atoms with van der Waals surface area (Å²) in [6, 6.07) is 5.56. The molecular weight excluding hydrogens is 457 g/mol. The summed E-state index contributed by atoms with van der Waals surface area (Å²) in [6.07, 6.45) is 4.36. The predicted molar refractivity (Wildman–Crippen MR) is 136 cm³/mol. The van der Waals surface area contributed by atoms with Crippen molar-refractivity contribution in [1.29, 1.82) is 0 Å². The zero-order valence-electron chi connectivity index (χ0n) is 20.0. The number of rotatable bonds is 7. The average molecular weight is 492 g/mol. The lowest BCUT2D eigenvalue weighted by atomic mass is 9.80. The molecule has 0 aliphatic carbocycles. The molecular formula is C25H35Cl2N5O. The zero-order valence-corrected chi connectivity index (χ0v) is 21.5. The van der Waals surface area contributed by atoms with Crippen molar-refractivity contribution in [2.24, 2.45) is 11.8 Å². The van der Waals surface area contributed by atoms with Gasteiger partial charge in [-0.3, -0.25) is 0 Å². The van der Waals surface area contributed by atoms with Crippen molar-refractivity contribution in [2.75, 3.05) is 42.9 Å². The van der Waals surface area contributed by atoms with Gasteiger partial charge in [-0.15, -0.1) is 0 Å². The second-order valence-electron chi connectivity index (χ2n) is 10.3. The summed E-state index contributed by atoms with van der Waals surface area (Å²) in [7, 11) is 0. The number of hydrogen-bond donors (Lipinski definition) is 2. The number of nitrogens with zero attached hydrogens (tertiary/aromatic N) is 4. The Bertz CT molecular complexity index is 974. The summed E-state index contributed by atoms with van der Waals surface area (Å²) in [5.74, 6) is 2.93. The maximum Gasteiger partial charge on any atom is 0.227 e. The Morgan fingerprint density at radius 2 is 1.97 bits per heavy atom. The highest BCUT2D eigenvalue weighted by Crippen LogP contribution is 2.34. The third-order valence-electron chi connectivity index (χ3n) is 6.75. The molecule has 1 aromatic heterocycles. The van der Waals surface area contributed by atoms with Gasteiger partial charge in [-0.1, -0.05) is 29.3 Å². The van der Waals surface area contributed by atoms with Crippen LogP contribution in [-0.2, 0) is 0 Å². The standard InChI is InChI=1S/C25H35Cl2N5O/c1-16-11-28-24(30-23(16)29-17(2)21-8-7-20(26)10-22(21)27)32-13-19(14-32)18-6-5-9-31(12-18)15-25(3,4)33/h7-8,10-11,17-19,33H,5-6,9,12-15H2,1-4H3,(H,28,29,30)/t17-,18+/m1/s1. The smallest absolute Gasteiger partial charge is 0.227 e. The van der Waals surface area contributed by atoms with Crippen molar-refractivity contribution in [3.63, 3.8) is 0 Å². The number of nitrogens with one attached hydrogen (secondary N) is 1. The van der Waals surface area contributed by atoms with E-state index in [2.05, 4.69) is 27.0 Å². The first-order valence-corrected chi connectivity index (χ1v) is 12.6. The molecule has 4 rings (SSSR count). The number of hydrogen-bond acceptors (Lipinski definition) is 6. The minimum absolute atomic E-state index is 0.00986. The molecule has 0 unspecified atom stereocenters. The molecule has 1 aromatic carbocycles. The van der Waals surface area contributed by atoms with Crippen molar-refractivity contribution >= 4 is 35.0 Å². The maximum absolute atomic E-state index is 10.2. The van der Waals surface area contributed by atoms with Crippen LogP contribution in [0.5, 0.6) is 0 Å². The van der Waals surface area contributed by atoms with Gasteiger partial charge in [0.15, 0.2) is 0 Å². The van der Waals surface area contributed by atoms with E-state index in [-0.39, 0.29) is 6.04 Å². The van der Waals surface area contributed by atoms with Crippen LogP contribution in [0.4, 0.5) is 11.8 Å². The lowest BCUT2D eigenvalue weighted by Crippen LogP contribution is -2.55. The van der Waals surface area contributed by atoms with E-state index in [0.29, 0.717) is 21.9 Å². The van der Waals surface area contributed by atoms with E-state index >= 15 is 0 Å². The van der Waals surface area contributed by atoms with Gasteiger partial charge in [-0.25, -0.2) is 4.98 Å². The fourth-order valence-electron chi connectivity index (χ4n) is 5.01. The molecule has 180 valence electrons. The Hall–Kier alpha value is -1.60. The van der Waals surface area contributed by atoms with Gasteiger partial charge < -0.3 is 20.2 Å². The normalized spacial score (nSPS) is 21.1. The van der Waals surface area contributed by atoms with Crippen LogP contribution in [-0.4, -0.2) is 58.3 Å². The molecule has 2 aliphatic heterocycles. The van der Waals surface area contributed by atoms with E-state index < -0.39 is 5.60 Å². The van der Waals surface area contributed by atoms with Gasteiger partial charge in [0.25, 0.3) is 0 Å². The topological polar surface area (TPSA) is 64.5 Å². The van der Waals surface area contributed by atoms with E-state index in [1.165, 1.54) is 12.8 Å². The van der Waals surface area contributed by atoms with Crippen LogP contribution in [0.2, 0.25) is 10.0 Å². The molecule has 2 fully saturated rings. The Morgan fingerprint density at radius 3 is 2.67 bits per heavy atom. The highest BCUT2D eigenvalue weighted by Gasteiger charge is 2.37. The molecule has 0 spiro atoms. The lowest BCUT2D eigenvalue weighted by molar-refractivity contribution is 0.0132. The van der Waals surface area contributed by atoms with Crippen LogP contribution < -0.4 is 10.2 Å². The molecule has 0 bridgehead atoms. The van der Waals surface area contributed by atoms with Crippen molar-refractivity contribution < 1.29 is 5.11 Å². The number of aromatic nitrogens is 2. The molecule has 2 N–H and O–H groups in total. The fourth-order valence-corrected chi connectivity index (χ4v) is 5.58. The van der Waals surface area contributed by atoms with Crippen molar-refractivity contribution in [3.05, 3.63) is 45.6 Å². The van der Waals surface area contributed by atoms with Crippen LogP contribution in [0.1, 0.15) is 50.8 Å². The number of β-amino-alcohol motifs (C(OH)–C–C–N with tert-alkyl or cyclic N) is 1. The minimum atomic E-state index is -0.639. The van der Waals surface area contributed by atoms with Gasteiger partial charge >= 0.3 is 0 Å². The summed E-state index contributed by atoms with van der Waals surface area (Å²) in [5.41, 5.74) is 1.35. The maximum atomic E-state index is 10.2. The lowest BCUT2D eigenvalue weighted by Gasteiger charge is -2.47. The molecule has 2 atom stereocenters. The van der Waals surface area contributed by atoms with Crippen LogP contribution in [0.25, 0.3) is 0 Å². The molecule has 2 saturated heterocycles. The predicted octanol–water partition coefficient (Wildman–Crippen LogP) is 5.18. The first-order valence-electron chi connectivity index (χ1n) is 11.8. The number of piperidine rings is 1. The molecule has 0 saturated carbocycles. The molecule has 33 heavy (non-hydrogen) atoms. The zero-order chi connectivity index (χ0) is 23.8. The highest BCUT2D eigenvalue weighted by molar-refractivity contribution is 6.35. The summed E-state index contributed by atoms with van der Waals surface area (Å²) in [5, 5.41) is 15.0. The number of benzene rings is 1. The number of halogens is 2. The van der Waals surface area contributed by atoms with Gasteiger partial charge in [-0.2, -0.15) is 4.98 Å².